The van der Waals surface area contributed by atoms with Crippen molar-refractivity contribution in [1.29, 1.82) is 0 Å². The molecular weight excluding hydrogens is 631 g/mol. The normalized spacial score (nSPS) is 14.8. The second-order valence-corrected chi connectivity index (χ2v) is 19.9. The standard InChI is InChI=1S/C45H89NO3Si/c1-6-8-9-10-11-12-13-14-15-18-21-24-32-39-45(49-50(4,5)48-43-35-27-25-33-41-46(3)40-7-2)47-42-34-26-22-19-16-17-20-23-29-36-44-37-30-28-31-38-44/h2,44-45H,6,8-43H2,1,3-5H3. The Balaban J connectivity index is 2.21. The molecule has 0 spiro atoms. The van der Waals surface area contributed by atoms with Crippen LogP contribution in [0.2, 0.25) is 13.1 Å². The lowest BCUT2D eigenvalue weighted by molar-refractivity contribution is -0.104. The van der Waals surface area contributed by atoms with Crippen molar-refractivity contribution in [3.63, 3.8) is 0 Å². The van der Waals surface area contributed by atoms with Crippen LogP contribution in [0.1, 0.15) is 219 Å². The number of hydrogen-bond donors (Lipinski definition) is 0. The molecule has 0 saturated heterocycles. The van der Waals surface area contributed by atoms with Crippen molar-refractivity contribution in [3.8, 4) is 12.3 Å². The third-order valence-electron chi connectivity index (χ3n) is 11.0. The maximum atomic E-state index is 6.63. The minimum Gasteiger partial charge on any atom is -0.394 e. The molecule has 1 atom stereocenters. The van der Waals surface area contributed by atoms with E-state index in [0.717, 1.165) is 51.5 Å². The maximum Gasteiger partial charge on any atom is 0.333 e. The predicted molar refractivity (Wildman–Crippen MR) is 222 cm³/mol. The SMILES string of the molecule is C#CCN(C)CCCCCCO[Si](C)(C)OC(CCCCCCCCCCCCCCC)OCCCCCCCCCCCC1CCCCC1. The Bertz CT molecular complexity index is 734. The molecule has 5 heteroatoms. The molecule has 0 aromatic heterocycles. The molecule has 1 rings (SSSR count). The highest BCUT2D eigenvalue weighted by molar-refractivity contribution is 6.64. The molecule has 0 radical (unpaired) electrons. The van der Waals surface area contributed by atoms with Crippen LogP contribution >= 0.6 is 0 Å². The van der Waals surface area contributed by atoms with E-state index < -0.39 is 8.56 Å². The molecular formula is C45H89NO3Si. The van der Waals surface area contributed by atoms with E-state index in [9.17, 15) is 0 Å². The van der Waals surface area contributed by atoms with E-state index in [1.54, 1.807) is 0 Å². The lowest BCUT2D eigenvalue weighted by atomic mass is 9.85. The smallest absolute Gasteiger partial charge is 0.333 e. The van der Waals surface area contributed by atoms with Gasteiger partial charge in [-0.2, -0.15) is 0 Å². The summed E-state index contributed by atoms with van der Waals surface area (Å²) in [6.45, 7) is 10.1. The monoisotopic (exact) mass is 720 g/mol. The van der Waals surface area contributed by atoms with Gasteiger partial charge in [-0.25, -0.2) is 0 Å². The summed E-state index contributed by atoms with van der Waals surface area (Å²) in [6, 6.07) is 0. The fourth-order valence-electron chi connectivity index (χ4n) is 7.71. The number of terminal acetylenes is 1. The molecule has 1 aliphatic carbocycles. The molecule has 1 aliphatic rings. The Labute approximate surface area is 316 Å². The van der Waals surface area contributed by atoms with Crippen molar-refractivity contribution in [2.75, 3.05) is 33.4 Å². The van der Waals surface area contributed by atoms with Gasteiger partial charge in [0.15, 0.2) is 0 Å². The first-order valence-corrected chi connectivity index (χ1v) is 25.3. The third-order valence-corrected chi connectivity index (χ3v) is 12.7. The highest BCUT2D eigenvalue weighted by Gasteiger charge is 2.29. The van der Waals surface area contributed by atoms with Crippen LogP contribution in [-0.2, 0) is 13.6 Å². The quantitative estimate of drug-likeness (QED) is 0.0275. The second-order valence-electron chi connectivity index (χ2n) is 16.5. The minimum atomic E-state index is -2.23. The van der Waals surface area contributed by atoms with Gasteiger partial charge in [-0.15, -0.1) is 6.42 Å². The van der Waals surface area contributed by atoms with Gasteiger partial charge in [-0.1, -0.05) is 193 Å². The van der Waals surface area contributed by atoms with E-state index in [1.807, 2.05) is 0 Å². The van der Waals surface area contributed by atoms with Crippen LogP contribution in [0, 0.1) is 18.3 Å². The summed E-state index contributed by atoms with van der Waals surface area (Å²) in [4.78, 5) is 2.22. The highest BCUT2D eigenvalue weighted by Crippen LogP contribution is 2.28. The van der Waals surface area contributed by atoms with Crippen molar-refractivity contribution < 1.29 is 13.6 Å². The summed E-state index contributed by atoms with van der Waals surface area (Å²) in [6.07, 6.45) is 50.4. The van der Waals surface area contributed by atoms with E-state index in [4.69, 9.17) is 20.0 Å². The molecule has 0 aliphatic heterocycles. The fraction of sp³-hybridized carbons (Fsp3) is 0.956. The van der Waals surface area contributed by atoms with Gasteiger partial charge in [0, 0.05) is 13.2 Å². The van der Waals surface area contributed by atoms with Crippen LogP contribution < -0.4 is 0 Å². The fourth-order valence-corrected chi connectivity index (χ4v) is 9.23. The van der Waals surface area contributed by atoms with Gasteiger partial charge in [-0.3, -0.25) is 4.90 Å². The Morgan fingerprint density at radius 2 is 1.10 bits per heavy atom. The zero-order valence-electron chi connectivity index (χ0n) is 34.6. The zero-order chi connectivity index (χ0) is 36.2. The van der Waals surface area contributed by atoms with Crippen LogP contribution in [0.15, 0.2) is 0 Å². The van der Waals surface area contributed by atoms with Gasteiger partial charge < -0.3 is 13.6 Å². The Kier molecular flexibility index (Phi) is 34.0. The summed E-state index contributed by atoms with van der Waals surface area (Å²) >= 11 is 0. The van der Waals surface area contributed by atoms with Crippen LogP contribution in [0.3, 0.4) is 0 Å². The molecule has 0 bridgehead atoms. The molecule has 0 aromatic rings. The molecule has 0 amide bonds. The van der Waals surface area contributed by atoms with Crippen molar-refractivity contribution in [2.45, 2.75) is 238 Å². The predicted octanol–water partition coefficient (Wildman–Crippen LogP) is 14.2. The molecule has 50 heavy (non-hydrogen) atoms. The van der Waals surface area contributed by atoms with Gasteiger partial charge in [0.2, 0.25) is 0 Å². The van der Waals surface area contributed by atoms with Crippen LogP contribution in [-0.4, -0.2) is 53.1 Å². The van der Waals surface area contributed by atoms with E-state index in [2.05, 4.69) is 37.9 Å². The average Bonchev–Trinajstić information content (AvgIpc) is 3.10. The van der Waals surface area contributed by atoms with Gasteiger partial charge in [-0.05, 0) is 64.7 Å². The van der Waals surface area contributed by atoms with Crippen molar-refractivity contribution >= 4 is 8.56 Å². The van der Waals surface area contributed by atoms with Crippen LogP contribution in [0.5, 0.6) is 0 Å². The Morgan fingerprint density at radius 1 is 0.620 bits per heavy atom. The van der Waals surface area contributed by atoms with Crippen molar-refractivity contribution in [1.82, 2.24) is 4.90 Å². The van der Waals surface area contributed by atoms with Gasteiger partial charge in [0.05, 0.1) is 6.54 Å². The first-order chi connectivity index (χ1) is 24.5. The molecule has 4 nitrogen and oxygen atoms in total. The van der Waals surface area contributed by atoms with E-state index in [1.165, 1.54) is 193 Å². The molecule has 296 valence electrons. The highest BCUT2D eigenvalue weighted by atomic mass is 28.4. The van der Waals surface area contributed by atoms with Crippen LogP contribution in [0.25, 0.3) is 0 Å². The lowest BCUT2D eigenvalue weighted by Gasteiger charge is -2.29. The first-order valence-electron chi connectivity index (χ1n) is 22.5. The molecule has 1 unspecified atom stereocenters. The largest absolute Gasteiger partial charge is 0.394 e. The van der Waals surface area contributed by atoms with Crippen LogP contribution in [0.4, 0.5) is 0 Å². The summed E-state index contributed by atoms with van der Waals surface area (Å²) < 4.78 is 19.4. The number of hydrogen-bond acceptors (Lipinski definition) is 4. The Morgan fingerprint density at radius 3 is 1.66 bits per heavy atom. The zero-order valence-corrected chi connectivity index (χ0v) is 35.6. The molecule has 1 fully saturated rings. The van der Waals surface area contributed by atoms with E-state index in [0.29, 0.717) is 0 Å². The van der Waals surface area contributed by atoms with Crippen molar-refractivity contribution in [2.24, 2.45) is 5.92 Å². The van der Waals surface area contributed by atoms with E-state index in [-0.39, 0.29) is 6.29 Å². The number of nitrogens with zero attached hydrogens (tertiary/aromatic N) is 1. The Hall–Kier alpha value is -0.383. The number of rotatable bonds is 38. The summed E-state index contributed by atoms with van der Waals surface area (Å²) in [5, 5.41) is 0. The topological polar surface area (TPSA) is 30.9 Å². The van der Waals surface area contributed by atoms with Gasteiger partial charge >= 0.3 is 8.56 Å². The lowest BCUT2D eigenvalue weighted by Crippen LogP contribution is -2.40. The summed E-state index contributed by atoms with van der Waals surface area (Å²) in [5.41, 5.74) is 0. The van der Waals surface area contributed by atoms with Crippen molar-refractivity contribution in [3.05, 3.63) is 0 Å². The molecule has 0 heterocycles. The summed E-state index contributed by atoms with van der Waals surface area (Å²) in [5.74, 6) is 3.78. The second kappa shape index (κ2) is 35.6. The minimum absolute atomic E-state index is 0.107. The number of unbranched alkanes of at least 4 members (excludes halogenated alkanes) is 23. The molecule has 1 saturated carbocycles. The van der Waals surface area contributed by atoms with E-state index >= 15 is 0 Å². The molecule has 0 N–H and O–H groups in total. The molecule has 0 aromatic carbocycles. The number of ether oxygens (including phenoxy) is 1. The first kappa shape index (κ1) is 47.6. The van der Waals surface area contributed by atoms with Gasteiger partial charge in [0.25, 0.3) is 0 Å². The third kappa shape index (κ3) is 32.3. The summed E-state index contributed by atoms with van der Waals surface area (Å²) in [7, 11) is -0.131. The maximum absolute atomic E-state index is 6.63. The van der Waals surface area contributed by atoms with Gasteiger partial charge in [0.1, 0.15) is 6.29 Å². The average molecular weight is 720 g/mol.